The molecule has 0 bridgehead atoms. The number of halogens is 2. The predicted octanol–water partition coefficient (Wildman–Crippen LogP) is 5.95. The second kappa shape index (κ2) is 9.31. The van der Waals surface area contributed by atoms with Gasteiger partial charge in [-0.15, -0.1) is 0 Å². The first-order valence-corrected chi connectivity index (χ1v) is 12.3. The zero-order valence-electron chi connectivity index (χ0n) is 20.2. The van der Waals surface area contributed by atoms with E-state index < -0.39 is 23.7 Å². The number of rotatable bonds is 6. The Balaban J connectivity index is 1.73. The number of aliphatic hydroxyl groups is 3. The molecule has 3 N–H and O–H groups in total. The molecule has 0 spiro atoms. The highest BCUT2D eigenvalue weighted by molar-refractivity contribution is 5.38. The van der Waals surface area contributed by atoms with Crippen molar-refractivity contribution in [2.75, 3.05) is 0 Å². The molecule has 3 aliphatic rings. The molecular weight excluding hydrogens is 410 g/mol. The van der Waals surface area contributed by atoms with Gasteiger partial charge < -0.3 is 15.3 Å². The van der Waals surface area contributed by atoms with Gasteiger partial charge in [0.25, 0.3) is 5.92 Å². The van der Waals surface area contributed by atoms with Crippen molar-refractivity contribution < 1.29 is 24.1 Å². The molecule has 3 rings (SSSR count). The van der Waals surface area contributed by atoms with E-state index in [2.05, 4.69) is 26.5 Å². The number of fused-ring (bicyclic) bond motifs is 1. The first-order chi connectivity index (χ1) is 14.8. The molecule has 182 valence electrons. The highest BCUT2D eigenvalue weighted by atomic mass is 19.3. The van der Waals surface area contributed by atoms with Gasteiger partial charge in [0.1, 0.15) is 5.60 Å². The summed E-state index contributed by atoms with van der Waals surface area (Å²) in [6, 6.07) is 0. The van der Waals surface area contributed by atoms with Crippen molar-refractivity contribution in [3.63, 3.8) is 0 Å². The third-order valence-corrected chi connectivity index (χ3v) is 8.80. The van der Waals surface area contributed by atoms with Gasteiger partial charge in [0.2, 0.25) is 0 Å². The number of allylic oxidation sites excluding steroid dienone is 3. The largest absolute Gasteiger partial charge is 0.393 e. The molecule has 0 amide bonds. The Labute approximate surface area is 192 Å². The van der Waals surface area contributed by atoms with E-state index in [1.807, 2.05) is 6.08 Å². The highest BCUT2D eigenvalue weighted by Gasteiger charge is 2.51. The molecule has 0 aromatic carbocycles. The lowest BCUT2D eigenvalue weighted by Gasteiger charge is -2.44. The third kappa shape index (κ3) is 5.05. The van der Waals surface area contributed by atoms with Crippen molar-refractivity contribution >= 4 is 0 Å². The lowest BCUT2D eigenvalue weighted by molar-refractivity contribution is -0.168. The van der Waals surface area contributed by atoms with Crippen molar-refractivity contribution in [1.82, 2.24) is 0 Å². The summed E-state index contributed by atoms with van der Waals surface area (Å²) >= 11 is 0. The Morgan fingerprint density at radius 1 is 1.22 bits per heavy atom. The molecule has 3 saturated carbocycles. The maximum Gasteiger partial charge on any atom is 0.275 e. The second-order valence-electron chi connectivity index (χ2n) is 11.4. The lowest BCUT2D eigenvalue weighted by atomic mass is 9.60. The summed E-state index contributed by atoms with van der Waals surface area (Å²) in [7, 11) is 0. The Morgan fingerprint density at radius 3 is 2.56 bits per heavy atom. The number of aliphatic hydroxyl groups excluding tert-OH is 2. The van der Waals surface area contributed by atoms with Crippen molar-refractivity contribution in [3.05, 3.63) is 35.5 Å². The molecule has 0 heterocycles. The summed E-state index contributed by atoms with van der Waals surface area (Å²) in [6.07, 6.45) is 9.40. The zero-order valence-corrected chi connectivity index (χ0v) is 20.2. The lowest BCUT2D eigenvalue weighted by Crippen LogP contribution is -2.43. The van der Waals surface area contributed by atoms with Crippen LogP contribution in [0, 0.1) is 23.2 Å². The van der Waals surface area contributed by atoms with Crippen LogP contribution in [0.5, 0.6) is 0 Å². The minimum Gasteiger partial charge on any atom is -0.393 e. The fourth-order valence-corrected chi connectivity index (χ4v) is 6.60. The second-order valence-corrected chi connectivity index (χ2v) is 11.4. The molecule has 32 heavy (non-hydrogen) atoms. The van der Waals surface area contributed by atoms with Crippen LogP contribution < -0.4 is 0 Å². The van der Waals surface area contributed by atoms with E-state index in [0.29, 0.717) is 36.7 Å². The minimum absolute atomic E-state index is 0.106. The van der Waals surface area contributed by atoms with Crippen LogP contribution in [0.1, 0.15) is 85.5 Å². The SMILES string of the molecule is C=C1C(=CC=C2CCC[C@@]3(C)C2CC[C@@H]3[C@H](C)CCC(F)(F)C(C)(C)O)C[C@@H](O)C[C@H]1O. The molecule has 1 unspecified atom stereocenters. The number of hydrogen-bond donors (Lipinski definition) is 3. The predicted molar refractivity (Wildman–Crippen MR) is 124 cm³/mol. The van der Waals surface area contributed by atoms with Gasteiger partial charge >= 0.3 is 0 Å². The first-order valence-electron chi connectivity index (χ1n) is 12.3. The van der Waals surface area contributed by atoms with Gasteiger partial charge in [0.05, 0.1) is 12.2 Å². The maximum atomic E-state index is 14.3. The Kier molecular flexibility index (Phi) is 7.44. The quantitative estimate of drug-likeness (QED) is 0.467. The van der Waals surface area contributed by atoms with E-state index in [4.69, 9.17) is 0 Å². The van der Waals surface area contributed by atoms with Crippen LogP contribution >= 0.6 is 0 Å². The Morgan fingerprint density at radius 2 is 1.91 bits per heavy atom. The molecule has 0 radical (unpaired) electrons. The fraction of sp³-hybridized carbons (Fsp3) is 0.778. The molecule has 6 atom stereocenters. The van der Waals surface area contributed by atoms with E-state index in [0.717, 1.165) is 37.7 Å². The molecular formula is C27H42F2O3. The smallest absolute Gasteiger partial charge is 0.275 e. The fourth-order valence-electron chi connectivity index (χ4n) is 6.60. The van der Waals surface area contributed by atoms with Crippen molar-refractivity contribution in [3.8, 4) is 0 Å². The van der Waals surface area contributed by atoms with E-state index in [1.54, 1.807) is 0 Å². The summed E-state index contributed by atoms with van der Waals surface area (Å²) in [5.41, 5.74) is 1.15. The van der Waals surface area contributed by atoms with Crippen LogP contribution in [0.2, 0.25) is 0 Å². The van der Waals surface area contributed by atoms with Crippen LogP contribution in [0.25, 0.3) is 0 Å². The summed E-state index contributed by atoms with van der Waals surface area (Å²) < 4.78 is 28.6. The van der Waals surface area contributed by atoms with Gasteiger partial charge in [-0.1, -0.05) is 38.2 Å². The monoisotopic (exact) mass is 452 g/mol. The Bertz CT molecular complexity index is 763. The molecule has 0 saturated heterocycles. The molecule has 5 heteroatoms. The molecule has 0 aromatic rings. The summed E-state index contributed by atoms with van der Waals surface area (Å²) in [6.45, 7) is 10.8. The number of alkyl halides is 2. The zero-order chi connectivity index (χ0) is 23.9. The van der Waals surface area contributed by atoms with Crippen molar-refractivity contribution in [2.45, 2.75) is 109 Å². The standard InChI is InChI=1S/C27H42F2O3/c1-17(12-14-27(28,29)25(3,4)32)22-10-11-23-19(7-6-13-26(22,23)5)8-9-20-15-21(30)16-24(31)18(20)2/h8-9,17,21-24,30-32H,2,6-7,10-16H2,1,3-5H3/t17-,21-,22-,23?,24-,26-/m1/s1. The van der Waals surface area contributed by atoms with Gasteiger partial charge in [-0.2, -0.15) is 0 Å². The molecule has 3 aliphatic carbocycles. The van der Waals surface area contributed by atoms with Crippen LogP contribution in [0.15, 0.2) is 35.5 Å². The van der Waals surface area contributed by atoms with Crippen molar-refractivity contribution in [1.29, 1.82) is 0 Å². The normalized spacial score (nSPS) is 37.7. The van der Waals surface area contributed by atoms with Gasteiger partial charge in [0.15, 0.2) is 0 Å². The van der Waals surface area contributed by atoms with Gasteiger partial charge in [0, 0.05) is 12.8 Å². The number of hydrogen-bond acceptors (Lipinski definition) is 3. The summed E-state index contributed by atoms with van der Waals surface area (Å²) in [4.78, 5) is 0. The van der Waals surface area contributed by atoms with E-state index in [1.165, 1.54) is 19.4 Å². The average molecular weight is 453 g/mol. The van der Waals surface area contributed by atoms with E-state index in [-0.39, 0.29) is 17.8 Å². The molecule has 0 aliphatic heterocycles. The van der Waals surface area contributed by atoms with Crippen LogP contribution in [-0.2, 0) is 0 Å². The topological polar surface area (TPSA) is 60.7 Å². The molecule has 3 nitrogen and oxygen atoms in total. The first kappa shape index (κ1) is 25.6. The maximum absolute atomic E-state index is 14.3. The third-order valence-electron chi connectivity index (χ3n) is 8.80. The van der Waals surface area contributed by atoms with Gasteiger partial charge in [-0.3, -0.25) is 0 Å². The molecule has 0 aromatic heterocycles. The van der Waals surface area contributed by atoms with E-state index >= 15 is 0 Å². The Hall–Kier alpha value is -1.04. The van der Waals surface area contributed by atoms with Gasteiger partial charge in [-0.25, -0.2) is 8.78 Å². The molecule has 3 fully saturated rings. The van der Waals surface area contributed by atoms with Crippen molar-refractivity contribution in [2.24, 2.45) is 23.2 Å². The van der Waals surface area contributed by atoms with Crippen LogP contribution in [0.4, 0.5) is 8.78 Å². The highest BCUT2D eigenvalue weighted by Crippen LogP contribution is 2.60. The average Bonchev–Trinajstić information content (AvgIpc) is 3.04. The van der Waals surface area contributed by atoms with Gasteiger partial charge in [-0.05, 0) is 93.1 Å². The summed E-state index contributed by atoms with van der Waals surface area (Å²) in [5.74, 6) is -2.06. The van der Waals surface area contributed by atoms with E-state index in [9.17, 15) is 24.1 Å². The summed E-state index contributed by atoms with van der Waals surface area (Å²) in [5, 5.41) is 29.9. The van der Waals surface area contributed by atoms with Crippen LogP contribution in [0.3, 0.4) is 0 Å². The van der Waals surface area contributed by atoms with Crippen LogP contribution in [-0.4, -0.2) is 39.1 Å². The minimum atomic E-state index is -3.08.